The highest BCUT2D eigenvalue weighted by atomic mass is 32.1. The fraction of sp³-hybridized carbons (Fsp3) is 0.364. The SMILES string of the molecule is Cc1cccc([C@H](c2sc3nc(-c4ccco4)nn3c2O)N2CCC(C)CC2)c1. The smallest absolute Gasteiger partial charge is 0.230 e. The number of likely N-dealkylation sites (tertiary alicyclic amines) is 1. The molecule has 0 radical (unpaired) electrons. The first kappa shape index (κ1) is 18.4. The molecule has 1 N–H and O–H groups in total. The Morgan fingerprint density at radius 3 is 2.72 bits per heavy atom. The summed E-state index contributed by atoms with van der Waals surface area (Å²) < 4.78 is 6.94. The molecule has 4 heterocycles. The number of thiazole rings is 1. The first-order valence-corrected chi connectivity index (χ1v) is 10.8. The fourth-order valence-electron chi connectivity index (χ4n) is 4.09. The number of hydrogen-bond acceptors (Lipinski definition) is 6. The van der Waals surface area contributed by atoms with Crippen molar-refractivity contribution in [2.45, 2.75) is 32.7 Å². The summed E-state index contributed by atoms with van der Waals surface area (Å²) in [5.74, 6) is 2.00. The van der Waals surface area contributed by atoms with Gasteiger partial charge in [0.05, 0.1) is 17.2 Å². The van der Waals surface area contributed by atoms with Crippen LogP contribution in [0.25, 0.3) is 16.5 Å². The van der Waals surface area contributed by atoms with Crippen LogP contribution in [-0.2, 0) is 0 Å². The number of fused-ring (bicyclic) bond motifs is 1. The lowest BCUT2D eigenvalue weighted by atomic mass is 9.94. The van der Waals surface area contributed by atoms with Gasteiger partial charge in [0.25, 0.3) is 0 Å². The third-order valence-corrected chi connectivity index (χ3v) is 6.80. The Morgan fingerprint density at radius 2 is 2.03 bits per heavy atom. The Hall–Kier alpha value is -2.64. The zero-order chi connectivity index (χ0) is 20.0. The second-order valence-electron chi connectivity index (χ2n) is 7.93. The summed E-state index contributed by atoms with van der Waals surface area (Å²) >= 11 is 1.50. The minimum absolute atomic E-state index is 0.00274. The lowest BCUT2D eigenvalue weighted by Gasteiger charge is -2.36. The molecule has 1 aromatic carbocycles. The van der Waals surface area contributed by atoms with Crippen LogP contribution >= 0.6 is 11.3 Å². The van der Waals surface area contributed by atoms with Gasteiger partial charge in [-0.3, -0.25) is 4.90 Å². The summed E-state index contributed by atoms with van der Waals surface area (Å²) in [5.41, 5.74) is 2.42. The van der Waals surface area contributed by atoms with Crippen molar-refractivity contribution in [1.29, 1.82) is 0 Å². The van der Waals surface area contributed by atoms with E-state index in [0.717, 1.165) is 23.9 Å². The van der Waals surface area contributed by atoms with Gasteiger partial charge in [0.1, 0.15) is 0 Å². The molecule has 0 unspecified atom stereocenters. The fourth-order valence-corrected chi connectivity index (χ4v) is 5.21. The molecule has 1 aliphatic rings. The lowest BCUT2D eigenvalue weighted by molar-refractivity contribution is 0.157. The molecule has 1 fully saturated rings. The number of benzene rings is 1. The van der Waals surface area contributed by atoms with Gasteiger partial charge in [0.15, 0.2) is 5.76 Å². The van der Waals surface area contributed by atoms with Crippen LogP contribution in [0.4, 0.5) is 0 Å². The number of aryl methyl sites for hydroxylation is 1. The predicted octanol–water partition coefficient (Wildman–Crippen LogP) is 4.89. The van der Waals surface area contributed by atoms with Crippen molar-refractivity contribution in [1.82, 2.24) is 19.5 Å². The second kappa shape index (κ2) is 7.31. The Balaban J connectivity index is 1.59. The number of aromatic hydroxyl groups is 1. The second-order valence-corrected chi connectivity index (χ2v) is 8.94. The molecular weight excluding hydrogens is 384 g/mol. The number of aromatic nitrogens is 3. The van der Waals surface area contributed by atoms with Crippen molar-refractivity contribution in [2.75, 3.05) is 13.1 Å². The van der Waals surface area contributed by atoms with Crippen molar-refractivity contribution in [3.8, 4) is 17.5 Å². The maximum absolute atomic E-state index is 11.1. The molecule has 0 aliphatic carbocycles. The number of piperidine rings is 1. The Kier molecular flexibility index (Phi) is 4.64. The Labute approximate surface area is 173 Å². The molecule has 3 aromatic heterocycles. The summed E-state index contributed by atoms with van der Waals surface area (Å²) in [4.78, 5) is 8.63. The minimum Gasteiger partial charge on any atom is -0.492 e. The molecule has 0 bridgehead atoms. The molecule has 5 rings (SSSR count). The lowest BCUT2D eigenvalue weighted by Crippen LogP contribution is -2.36. The first-order chi connectivity index (χ1) is 14.1. The zero-order valence-electron chi connectivity index (χ0n) is 16.6. The van der Waals surface area contributed by atoms with Crippen molar-refractivity contribution < 1.29 is 9.52 Å². The maximum atomic E-state index is 11.1. The van der Waals surface area contributed by atoms with E-state index in [4.69, 9.17) is 4.42 Å². The third-order valence-electron chi connectivity index (χ3n) is 5.73. The average Bonchev–Trinajstić information content (AvgIpc) is 3.43. The predicted molar refractivity (Wildman–Crippen MR) is 113 cm³/mol. The van der Waals surface area contributed by atoms with Gasteiger partial charge < -0.3 is 9.52 Å². The van der Waals surface area contributed by atoms with Crippen molar-refractivity contribution in [3.63, 3.8) is 0 Å². The minimum atomic E-state index is 0.00274. The van der Waals surface area contributed by atoms with Gasteiger partial charge in [-0.25, -0.2) is 0 Å². The van der Waals surface area contributed by atoms with Gasteiger partial charge >= 0.3 is 0 Å². The van der Waals surface area contributed by atoms with E-state index in [1.165, 1.54) is 39.8 Å². The van der Waals surface area contributed by atoms with Crippen molar-refractivity contribution in [2.24, 2.45) is 5.92 Å². The summed E-state index contributed by atoms with van der Waals surface area (Å²) in [7, 11) is 0. The van der Waals surface area contributed by atoms with Gasteiger partial charge in [-0.05, 0) is 56.5 Å². The number of nitrogens with zero attached hydrogens (tertiary/aromatic N) is 4. The van der Waals surface area contributed by atoms with E-state index < -0.39 is 0 Å². The normalized spacial score (nSPS) is 17.2. The molecule has 4 aromatic rings. The van der Waals surface area contributed by atoms with E-state index >= 15 is 0 Å². The van der Waals surface area contributed by atoms with Crippen LogP contribution in [0, 0.1) is 12.8 Å². The highest BCUT2D eigenvalue weighted by molar-refractivity contribution is 7.17. The van der Waals surface area contributed by atoms with Crippen LogP contribution in [0.1, 0.15) is 41.8 Å². The Bertz CT molecular complexity index is 1120. The molecule has 29 heavy (non-hydrogen) atoms. The molecule has 1 aliphatic heterocycles. The van der Waals surface area contributed by atoms with E-state index in [0.29, 0.717) is 16.5 Å². The molecule has 0 spiro atoms. The van der Waals surface area contributed by atoms with Gasteiger partial charge in [0, 0.05) is 0 Å². The highest BCUT2D eigenvalue weighted by Crippen LogP contribution is 2.41. The highest BCUT2D eigenvalue weighted by Gasteiger charge is 2.31. The molecule has 1 saturated heterocycles. The average molecular weight is 409 g/mol. The summed E-state index contributed by atoms with van der Waals surface area (Å²) in [5, 5.41) is 15.6. The zero-order valence-corrected chi connectivity index (χ0v) is 17.4. The van der Waals surface area contributed by atoms with Crippen LogP contribution in [0.3, 0.4) is 0 Å². The van der Waals surface area contributed by atoms with Gasteiger partial charge in [-0.15, -0.1) is 5.10 Å². The van der Waals surface area contributed by atoms with Gasteiger partial charge in [-0.1, -0.05) is 48.1 Å². The molecule has 0 saturated carbocycles. The van der Waals surface area contributed by atoms with E-state index in [-0.39, 0.29) is 11.9 Å². The summed E-state index contributed by atoms with van der Waals surface area (Å²) in [6.45, 7) is 6.46. The summed E-state index contributed by atoms with van der Waals surface area (Å²) in [6, 6.07) is 12.2. The molecular formula is C22H24N4O2S. The van der Waals surface area contributed by atoms with Crippen LogP contribution < -0.4 is 0 Å². The van der Waals surface area contributed by atoms with Crippen LogP contribution in [-0.4, -0.2) is 37.7 Å². The van der Waals surface area contributed by atoms with Crippen LogP contribution in [0.2, 0.25) is 0 Å². The number of rotatable bonds is 4. The van der Waals surface area contributed by atoms with Gasteiger partial charge in [0.2, 0.25) is 16.7 Å². The first-order valence-electron chi connectivity index (χ1n) is 10.0. The topological polar surface area (TPSA) is 66.8 Å². The third kappa shape index (κ3) is 3.34. The van der Waals surface area contributed by atoms with E-state index in [9.17, 15) is 5.11 Å². The van der Waals surface area contributed by atoms with Crippen LogP contribution in [0.15, 0.2) is 47.1 Å². The monoisotopic (exact) mass is 408 g/mol. The Morgan fingerprint density at radius 1 is 1.21 bits per heavy atom. The van der Waals surface area contributed by atoms with Crippen LogP contribution in [0.5, 0.6) is 5.88 Å². The van der Waals surface area contributed by atoms with E-state index in [2.05, 4.69) is 53.1 Å². The summed E-state index contributed by atoms with van der Waals surface area (Å²) in [6.07, 6.45) is 3.94. The standard InChI is InChI=1S/C22H24N4O2S/c1-14-8-10-25(11-9-14)18(16-6-3-5-15(2)13-16)19-21(27)26-22(29-19)23-20(24-26)17-7-4-12-28-17/h3-7,12-14,18,27H,8-11H2,1-2H3/t18-/m1/s1. The largest absolute Gasteiger partial charge is 0.492 e. The molecule has 1 atom stereocenters. The van der Waals surface area contributed by atoms with Gasteiger partial charge in [-0.2, -0.15) is 9.50 Å². The molecule has 6 nitrogen and oxygen atoms in total. The number of hydrogen-bond donors (Lipinski definition) is 1. The quantitative estimate of drug-likeness (QED) is 0.521. The molecule has 150 valence electrons. The van der Waals surface area contributed by atoms with Crippen molar-refractivity contribution in [3.05, 3.63) is 58.7 Å². The van der Waals surface area contributed by atoms with E-state index in [1.807, 2.05) is 6.07 Å². The molecule has 7 heteroatoms. The molecule has 0 amide bonds. The van der Waals surface area contributed by atoms with E-state index in [1.54, 1.807) is 12.3 Å². The number of furan rings is 1. The maximum Gasteiger partial charge on any atom is 0.230 e. The van der Waals surface area contributed by atoms with Crippen molar-refractivity contribution >= 4 is 16.3 Å².